The maximum Gasteiger partial charge on any atom is 0.123 e. The molecule has 2 aromatic rings. The average molecular weight is 269 g/mol. The van der Waals surface area contributed by atoms with E-state index in [9.17, 15) is 4.39 Å². The molecule has 2 atom stereocenters. The van der Waals surface area contributed by atoms with Crippen molar-refractivity contribution in [3.8, 4) is 5.75 Å². The van der Waals surface area contributed by atoms with Gasteiger partial charge in [-0.15, -0.1) is 0 Å². The standard InChI is InChI=1S/C17H16FNO/c18-13-5-6-17-12(7-13)8-14(20-17)9-16-15-4-2-1-3-11(15)10-19-16/h1-7,14,16,19H,8-10H2. The minimum atomic E-state index is -0.183. The van der Waals surface area contributed by atoms with Gasteiger partial charge >= 0.3 is 0 Å². The van der Waals surface area contributed by atoms with Crippen LogP contribution in [0.3, 0.4) is 0 Å². The Morgan fingerprint density at radius 3 is 3.00 bits per heavy atom. The van der Waals surface area contributed by atoms with E-state index >= 15 is 0 Å². The van der Waals surface area contributed by atoms with Crippen LogP contribution in [-0.2, 0) is 13.0 Å². The van der Waals surface area contributed by atoms with Gasteiger partial charge in [0.2, 0.25) is 0 Å². The zero-order valence-electron chi connectivity index (χ0n) is 11.1. The summed E-state index contributed by atoms with van der Waals surface area (Å²) in [6.45, 7) is 0.926. The predicted octanol–water partition coefficient (Wildman–Crippen LogP) is 3.36. The normalized spacial score (nSPS) is 23.2. The Bertz CT molecular complexity index is 655. The molecule has 0 aromatic heterocycles. The number of ether oxygens (including phenoxy) is 1. The van der Waals surface area contributed by atoms with Crippen LogP contribution >= 0.6 is 0 Å². The molecule has 2 nitrogen and oxygen atoms in total. The van der Waals surface area contributed by atoms with Crippen molar-refractivity contribution in [2.24, 2.45) is 0 Å². The Hall–Kier alpha value is -1.87. The zero-order chi connectivity index (χ0) is 13.5. The highest BCUT2D eigenvalue weighted by atomic mass is 19.1. The van der Waals surface area contributed by atoms with Crippen molar-refractivity contribution in [3.63, 3.8) is 0 Å². The van der Waals surface area contributed by atoms with Crippen LogP contribution in [-0.4, -0.2) is 6.10 Å². The maximum absolute atomic E-state index is 13.2. The van der Waals surface area contributed by atoms with E-state index in [1.54, 1.807) is 12.1 Å². The van der Waals surface area contributed by atoms with E-state index in [4.69, 9.17) is 4.74 Å². The van der Waals surface area contributed by atoms with Gasteiger partial charge in [-0.25, -0.2) is 4.39 Å². The van der Waals surface area contributed by atoms with Crippen LogP contribution in [0.4, 0.5) is 4.39 Å². The number of halogens is 1. The second-order valence-corrected chi connectivity index (χ2v) is 5.56. The summed E-state index contributed by atoms with van der Waals surface area (Å²) in [6.07, 6.45) is 1.86. The first-order valence-electron chi connectivity index (χ1n) is 7.06. The van der Waals surface area contributed by atoms with E-state index in [1.165, 1.54) is 17.2 Å². The molecular weight excluding hydrogens is 253 g/mol. The summed E-state index contributed by atoms with van der Waals surface area (Å²) in [5.41, 5.74) is 3.73. The quantitative estimate of drug-likeness (QED) is 0.902. The second-order valence-electron chi connectivity index (χ2n) is 5.56. The first-order chi connectivity index (χ1) is 9.79. The van der Waals surface area contributed by atoms with Gasteiger partial charge in [0, 0.05) is 31.0 Å². The van der Waals surface area contributed by atoms with Crippen LogP contribution in [0.5, 0.6) is 5.75 Å². The van der Waals surface area contributed by atoms with Crippen molar-refractivity contribution >= 4 is 0 Å². The van der Waals surface area contributed by atoms with E-state index < -0.39 is 0 Å². The van der Waals surface area contributed by atoms with Gasteiger partial charge in [-0.3, -0.25) is 0 Å². The summed E-state index contributed by atoms with van der Waals surface area (Å²) >= 11 is 0. The monoisotopic (exact) mass is 269 g/mol. The van der Waals surface area contributed by atoms with Gasteiger partial charge in [-0.05, 0) is 29.3 Å². The molecule has 0 aliphatic carbocycles. The SMILES string of the molecule is Fc1ccc2c(c1)CC(CC1NCc3ccccc31)O2. The molecule has 2 unspecified atom stereocenters. The van der Waals surface area contributed by atoms with Gasteiger partial charge in [-0.2, -0.15) is 0 Å². The lowest BCUT2D eigenvalue weighted by Crippen LogP contribution is -2.22. The van der Waals surface area contributed by atoms with Gasteiger partial charge in [-0.1, -0.05) is 24.3 Å². The van der Waals surface area contributed by atoms with Gasteiger partial charge in [0.1, 0.15) is 17.7 Å². The molecule has 0 saturated heterocycles. The lowest BCUT2D eigenvalue weighted by molar-refractivity contribution is 0.204. The molecule has 20 heavy (non-hydrogen) atoms. The number of fused-ring (bicyclic) bond motifs is 2. The molecule has 0 bridgehead atoms. The van der Waals surface area contributed by atoms with E-state index in [-0.39, 0.29) is 11.9 Å². The molecule has 2 aliphatic heterocycles. The van der Waals surface area contributed by atoms with Crippen molar-refractivity contribution < 1.29 is 9.13 Å². The largest absolute Gasteiger partial charge is 0.490 e. The van der Waals surface area contributed by atoms with Crippen molar-refractivity contribution in [2.75, 3.05) is 0 Å². The minimum Gasteiger partial charge on any atom is -0.490 e. The summed E-state index contributed by atoms with van der Waals surface area (Å²) in [5, 5.41) is 3.53. The summed E-state index contributed by atoms with van der Waals surface area (Å²) in [4.78, 5) is 0. The first-order valence-corrected chi connectivity index (χ1v) is 7.06. The molecule has 1 N–H and O–H groups in total. The molecule has 0 amide bonds. The minimum absolute atomic E-state index is 0.135. The van der Waals surface area contributed by atoms with E-state index in [1.807, 2.05) is 0 Å². The Morgan fingerprint density at radius 2 is 2.05 bits per heavy atom. The zero-order valence-corrected chi connectivity index (χ0v) is 11.1. The first kappa shape index (κ1) is 11.9. The van der Waals surface area contributed by atoms with Gasteiger partial charge in [0.15, 0.2) is 0 Å². The summed E-state index contributed by atoms with van der Waals surface area (Å²) in [6, 6.07) is 13.6. The number of rotatable bonds is 2. The van der Waals surface area contributed by atoms with Crippen molar-refractivity contribution in [3.05, 3.63) is 65.0 Å². The molecular formula is C17H16FNO. The third-order valence-corrected chi connectivity index (χ3v) is 4.23. The third-order valence-electron chi connectivity index (χ3n) is 4.23. The molecule has 0 spiro atoms. The predicted molar refractivity (Wildman–Crippen MR) is 75.2 cm³/mol. The van der Waals surface area contributed by atoms with Crippen LogP contribution in [0.1, 0.15) is 29.2 Å². The number of hydrogen-bond donors (Lipinski definition) is 1. The Balaban J connectivity index is 1.50. The van der Waals surface area contributed by atoms with Crippen molar-refractivity contribution in [2.45, 2.75) is 31.5 Å². The second kappa shape index (κ2) is 4.60. The van der Waals surface area contributed by atoms with Crippen LogP contribution in [0.2, 0.25) is 0 Å². The smallest absolute Gasteiger partial charge is 0.123 e. The molecule has 2 aliphatic rings. The molecule has 0 saturated carbocycles. The van der Waals surface area contributed by atoms with Crippen LogP contribution in [0.15, 0.2) is 42.5 Å². The third kappa shape index (κ3) is 1.98. The molecule has 102 valence electrons. The number of hydrogen-bond acceptors (Lipinski definition) is 2. The van der Waals surface area contributed by atoms with Crippen molar-refractivity contribution in [1.29, 1.82) is 0 Å². The molecule has 0 radical (unpaired) electrons. The molecule has 4 rings (SSSR count). The van der Waals surface area contributed by atoms with Gasteiger partial charge in [0.05, 0.1) is 0 Å². The highest BCUT2D eigenvalue weighted by Crippen LogP contribution is 2.35. The van der Waals surface area contributed by atoms with Crippen LogP contribution in [0, 0.1) is 5.82 Å². The fourth-order valence-corrected chi connectivity index (χ4v) is 3.27. The summed E-state index contributed by atoms with van der Waals surface area (Å²) < 4.78 is 19.2. The fraction of sp³-hybridized carbons (Fsp3) is 0.294. The van der Waals surface area contributed by atoms with Gasteiger partial charge < -0.3 is 10.1 Å². The van der Waals surface area contributed by atoms with E-state index in [0.717, 1.165) is 30.7 Å². The van der Waals surface area contributed by atoms with E-state index in [0.29, 0.717) is 6.04 Å². The average Bonchev–Trinajstić information content (AvgIpc) is 3.03. The summed E-state index contributed by atoms with van der Waals surface area (Å²) in [5.74, 6) is 0.653. The van der Waals surface area contributed by atoms with Crippen LogP contribution < -0.4 is 10.1 Å². The van der Waals surface area contributed by atoms with E-state index in [2.05, 4.69) is 29.6 Å². The fourth-order valence-electron chi connectivity index (χ4n) is 3.27. The maximum atomic E-state index is 13.2. The molecule has 0 fully saturated rings. The Morgan fingerprint density at radius 1 is 1.15 bits per heavy atom. The lowest BCUT2D eigenvalue weighted by Gasteiger charge is -2.17. The topological polar surface area (TPSA) is 21.3 Å². The molecule has 3 heteroatoms. The number of nitrogens with one attached hydrogen (secondary N) is 1. The highest BCUT2D eigenvalue weighted by molar-refractivity contribution is 5.39. The number of benzene rings is 2. The lowest BCUT2D eigenvalue weighted by atomic mass is 9.98. The molecule has 2 heterocycles. The highest BCUT2D eigenvalue weighted by Gasteiger charge is 2.29. The molecule has 2 aromatic carbocycles. The van der Waals surface area contributed by atoms with Crippen LogP contribution in [0.25, 0.3) is 0 Å². The summed E-state index contributed by atoms with van der Waals surface area (Å²) in [7, 11) is 0. The Labute approximate surface area is 117 Å². The Kier molecular flexibility index (Phi) is 2.74. The van der Waals surface area contributed by atoms with Crippen molar-refractivity contribution in [1.82, 2.24) is 5.32 Å². The van der Waals surface area contributed by atoms with Gasteiger partial charge in [0.25, 0.3) is 0 Å².